The summed E-state index contributed by atoms with van der Waals surface area (Å²) >= 11 is 0. The number of pyridine rings is 1. The number of rotatable bonds is 5. The van der Waals surface area contributed by atoms with Crippen LogP contribution in [0.3, 0.4) is 0 Å². The van der Waals surface area contributed by atoms with Crippen LogP contribution in [-0.4, -0.2) is 11.9 Å². The molecule has 0 aliphatic carbocycles. The number of nitrogens with two attached hydrogens (primary N) is 1. The molecule has 0 spiro atoms. The number of aromatic nitrogens is 1. The topological polar surface area (TPSA) is 73.3 Å². The van der Waals surface area contributed by atoms with Crippen LogP contribution in [0.5, 0.6) is 0 Å². The largest absolute Gasteiger partial charge is 1.00 e. The number of benzene rings is 1. The van der Waals surface area contributed by atoms with Crippen molar-refractivity contribution in [1.29, 1.82) is 0 Å². The molecule has 0 saturated heterocycles. The first-order valence-corrected chi connectivity index (χ1v) is 6.34. The van der Waals surface area contributed by atoms with Crippen molar-refractivity contribution >= 4 is 18.0 Å². The molecule has 0 atom stereocenters. The number of esters is 1. The predicted molar refractivity (Wildman–Crippen MR) is 76.7 cm³/mol. The second-order valence-corrected chi connectivity index (χ2v) is 4.31. The Morgan fingerprint density at radius 1 is 1.14 bits per heavy atom. The van der Waals surface area contributed by atoms with Gasteiger partial charge in [0.15, 0.2) is 12.4 Å². The van der Waals surface area contributed by atoms with Gasteiger partial charge in [0, 0.05) is 12.1 Å². The van der Waals surface area contributed by atoms with Gasteiger partial charge < -0.3 is 22.9 Å². The van der Waals surface area contributed by atoms with Crippen molar-refractivity contribution in [3.05, 3.63) is 72.1 Å². The minimum Gasteiger partial charge on any atom is -1.00 e. The number of nitrogens with zero attached hydrogens (tertiary/aromatic N) is 1. The molecule has 2 aromatic rings. The Morgan fingerprint density at radius 3 is 2.55 bits per heavy atom. The number of halogens is 1. The Hall–Kier alpha value is -2.66. The Bertz CT molecular complexity index is 672. The van der Waals surface area contributed by atoms with Gasteiger partial charge in [0.2, 0.25) is 0 Å². The maximum absolute atomic E-state index is 11.6. The lowest BCUT2D eigenvalue weighted by molar-refractivity contribution is -0.727. The zero-order valence-electron chi connectivity index (χ0n) is 11.7. The number of hydrogen-bond acceptors (Lipinski definition) is 3. The van der Waals surface area contributed by atoms with E-state index in [1.54, 1.807) is 29.0 Å². The van der Waals surface area contributed by atoms with E-state index in [0.29, 0.717) is 5.56 Å². The van der Waals surface area contributed by atoms with E-state index in [1.807, 2.05) is 30.3 Å². The van der Waals surface area contributed by atoms with Gasteiger partial charge in [-0.15, -0.1) is 0 Å². The Balaban J connectivity index is 0.00000242. The van der Waals surface area contributed by atoms with Gasteiger partial charge in [0.1, 0.15) is 5.56 Å². The van der Waals surface area contributed by atoms with Gasteiger partial charge >= 0.3 is 5.97 Å². The fourth-order valence-electron chi connectivity index (χ4n) is 1.66. The van der Waals surface area contributed by atoms with E-state index >= 15 is 0 Å². The molecular formula is C16H15ClN2O3. The lowest BCUT2D eigenvalue weighted by Crippen LogP contribution is -3.00. The van der Waals surface area contributed by atoms with Crippen LogP contribution in [0.4, 0.5) is 0 Å². The van der Waals surface area contributed by atoms with Crippen LogP contribution in [0.15, 0.2) is 60.9 Å². The molecule has 1 aromatic heterocycles. The number of carbonyl (C=O) groups excluding carboxylic acids is 2. The van der Waals surface area contributed by atoms with Crippen molar-refractivity contribution in [2.75, 3.05) is 0 Å². The summed E-state index contributed by atoms with van der Waals surface area (Å²) in [6, 6.07) is 12.7. The van der Waals surface area contributed by atoms with E-state index < -0.39 is 11.9 Å². The molecule has 2 N–H and O–H groups in total. The SMILES string of the molecule is NC(=O)c1ccc[n+](COC(=O)/C=C/c2ccccc2)c1.[Cl-]. The summed E-state index contributed by atoms with van der Waals surface area (Å²) < 4.78 is 6.63. The zero-order chi connectivity index (χ0) is 15.1. The lowest BCUT2D eigenvalue weighted by Gasteiger charge is -1.99. The van der Waals surface area contributed by atoms with Crippen molar-refractivity contribution in [2.24, 2.45) is 5.73 Å². The van der Waals surface area contributed by atoms with Crippen LogP contribution >= 0.6 is 0 Å². The Kier molecular flexibility index (Phi) is 6.79. The van der Waals surface area contributed by atoms with Crippen molar-refractivity contribution in [3.8, 4) is 0 Å². The van der Waals surface area contributed by atoms with E-state index in [9.17, 15) is 9.59 Å². The average molecular weight is 319 g/mol. The highest BCUT2D eigenvalue weighted by atomic mass is 35.5. The molecule has 0 bridgehead atoms. The fraction of sp³-hybridized carbons (Fsp3) is 0.0625. The van der Waals surface area contributed by atoms with Crippen LogP contribution in [0, 0.1) is 0 Å². The van der Waals surface area contributed by atoms with E-state index in [-0.39, 0.29) is 19.1 Å². The third-order valence-electron chi connectivity index (χ3n) is 2.71. The van der Waals surface area contributed by atoms with Gasteiger partial charge in [-0.1, -0.05) is 30.3 Å². The molecule has 1 aromatic carbocycles. The molecule has 114 valence electrons. The van der Waals surface area contributed by atoms with Gasteiger partial charge in [-0.25, -0.2) is 4.79 Å². The summed E-state index contributed by atoms with van der Waals surface area (Å²) in [7, 11) is 0. The highest BCUT2D eigenvalue weighted by Gasteiger charge is 2.08. The molecule has 0 unspecified atom stereocenters. The van der Waals surface area contributed by atoms with E-state index in [1.165, 1.54) is 12.3 Å². The van der Waals surface area contributed by atoms with E-state index in [2.05, 4.69) is 0 Å². The van der Waals surface area contributed by atoms with Crippen molar-refractivity contribution in [3.63, 3.8) is 0 Å². The van der Waals surface area contributed by atoms with E-state index in [0.717, 1.165) is 5.56 Å². The standard InChI is InChI=1S/C16H14N2O3.ClH/c17-16(20)14-7-4-10-18(11-14)12-21-15(19)9-8-13-5-2-1-3-6-13;/h1-11H,12H2,(H-,17,20);1H/b9-8+;. The molecule has 1 heterocycles. The fourth-order valence-corrected chi connectivity index (χ4v) is 1.66. The number of primary amides is 1. The maximum atomic E-state index is 11.6. The molecular weight excluding hydrogens is 304 g/mol. The normalized spacial score (nSPS) is 10.0. The predicted octanol–water partition coefficient (Wildman–Crippen LogP) is -1.71. The summed E-state index contributed by atoms with van der Waals surface area (Å²) in [5, 5.41) is 0. The third-order valence-corrected chi connectivity index (χ3v) is 2.71. The molecule has 1 amide bonds. The second-order valence-electron chi connectivity index (χ2n) is 4.31. The molecule has 0 radical (unpaired) electrons. The first kappa shape index (κ1) is 17.4. The van der Waals surface area contributed by atoms with Crippen molar-refractivity contribution in [1.82, 2.24) is 0 Å². The number of ether oxygens (including phenoxy) is 1. The second kappa shape index (κ2) is 8.59. The van der Waals surface area contributed by atoms with Gasteiger partial charge in [-0.2, -0.15) is 4.57 Å². The number of amides is 1. The summed E-state index contributed by atoms with van der Waals surface area (Å²) in [6.45, 7) is 0.0130. The molecule has 22 heavy (non-hydrogen) atoms. The zero-order valence-corrected chi connectivity index (χ0v) is 12.4. The first-order valence-electron chi connectivity index (χ1n) is 6.34. The van der Waals surface area contributed by atoms with Crippen molar-refractivity contribution in [2.45, 2.75) is 6.73 Å². The highest BCUT2D eigenvalue weighted by Crippen LogP contribution is 2.01. The van der Waals surface area contributed by atoms with Gasteiger partial charge in [0.25, 0.3) is 12.6 Å². The van der Waals surface area contributed by atoms with Gasteiger partial charge in [-0.3, -0.25) is 4.79 Å². The lowest BCUT2D eigenvalue weighted by atomic mass is 10.2. The van der Waals surface area contributed by atoms with Gasteiger partial charge in [0.05, 0.1) is 0 Å². The summed E-state index contributed by atoms with van der Waals surface area (Å²) in [6.07, 6.45) is 6.23. The monoisotopic (exact) mass is 318 g/mol. The van der Waals surface area contributed by atoms with Gasteiger partial charge in [-0.05, 0) is 17.7 Å². The Labute approximate surface area is 134 Å². The minimum atomic E-state index is -0.528. The highest BCUT2D eigenvalue weighted by molar-refractivity contribution is 5.92. The molecule has 0 saturated carbocycles. The quantitative estimate of drug-likeness (QED) is 0.405. The molecule has 0 aliphatic heterocycles. The average Bonchev–Trinajstić information content (AvgIpc) is 2.52. The third kappa shape index (κ3) is 5.38. The molecule has 2 rings (SSSR count). The van der Waals surface area contributed by atoms with E-state index in [4.69, 9.17) is 10.5 Å². The van der Waals surface area contributed by atoms with Crippen LogP contribution in [-0.2, 0) is 16.3 Å². The molecule has 0 aliphatic rings. The van der Waals surface area contributed by atoms with Crippen LogP contribution in [0.25, 0.3) is 6.08 Å². The summed E-state index contributed by atoms with van der Waals surface area (Å²) in [5.74, 6) is -0.990. The van der Waals surface area contributed by atoms with Crippen molar-refractivity contribution < 1.29 is 31.3 Å². The Morgan fingerprint density at radius 2 is 1.86 bits per heavy atom. The first-order chi connectivity index (χ1) is 10.1. The summed E-state index contributed by atoms with van der Waals surface area (Å²) in [4.78, 5) is 22.6. The number of carbonyl (C=O) groups is 2. The molecule has 0 fully saturated rings. The number of hydrogen-bond donors (Lipinski definition) is 1. The van der Waals surface area contributed by atoms with Crippen LogP contribution in [0.2, 0.25) is 0 Å². The van der Waals surface area contributed by atoms with Crippen LogP contribution < -0.4 is 22.7 Å². The minimum absolute atomic E-state index is 0. The maximum Gasteiger partial charge on any atom is 0.335 e. The molecule has 5 nitrogen and oxygen atoms in total. The molecule has 6 heteroatoms. The smallest absolute Gasteiger partial charge is 0.335 e. The summed E-state index contributed by atoms with van der Waals surface area (Å²) in [5.41, 5.74) is 6.45. The van der Waals surface area contributed by atoms with Crippen LogP contribution in [0.1, 0.15) is 15.9 Å².